The zero-order valence-corrected chi connectivity index (χ0v) is 9.99. The molecule has 19 heavy (non-hydrogen) atoms. The van der Waals surface area contributed by atoms with E-state index in [1.807, 2.05) is 0 Å². The number of nitrogens with two attached hydrogens (primary N) is 1. The van der Waals surface area contributed by atoms with Crippen LogP contribution in [0.25, 0.3) is 0 Å². The third-order valence-corrected chi connectivity index (χ3v) is 1.67. The summed E-state index contributed by atoms with van der Waals surface area (Å²) in [5.74, 6) is -6.12. The first-order chi connectivity index (χ1) is 7.75. The average molecular weight is 329 g/mol. The Balaban J connectivity index is -0.00000128. The molecule has 0 fully saturated rings. The molecule has 0 rings (SSSR count). The van der Waals surface area contributed by atoms with Crippen LogP contribution in [0.15, 0.2) is 0 Å². The van der Waals surface area contributed by atoms with Crippen LogP contribution in [0.1, 0.15) is 12.8 Å². The van der Waals surface area contributed by atoms with Crippen molar-refractivity contribution in [2.45, 2.75) is 25.0 Å². The van der Waals surface area contributed by atoms with Crippen molar-refractivity contribution in [3.8, 4) is 0 Å². The van der Waals surface area contributed by atoms with Crippen LogP contribution in [0, 0.1) is 0 Å². The first-order valence-corrected chi connectivity index (χ1v) is 4.39. The van der Waals surface area contributed by atoms with Crippen molar-refractivity contribution in [2.75, 3.05) is 0 Å². The quantitative estimate of drug-likeness (QED) is 0.226. The Hall–Kier alpha value is -0.641. The second kappa shape index (κ2) is 11.2. The van der Waals surface area contributed by atoms with E-state index in [1.165, 1.54) is 0 Å². The second-order valence-electron chi connectivity index (χ2n) is 3.03. The second-order valence-corrected chi connectivity index (χ2v) is 3.03. The van der Waals surface area contributed by atoms with E-state index in [0.29, 0.717) is 0 Å². The third kappa shape index (κ3) is 9.88. The van der Waals surface area contributed by atoms with Crippen LogP contribution in [0.5, 0.6) is 0 Å². The van der Waals surface area contributed by atoms with E-state index >= 15 is 0 Å². The van der Waals surface area contributed by atoms with Gasteiger partial charge in [0.05, 0.1) is 0 Å². The van der Waals surface area contributed by atoms with E-state index in [9.17, 15) is 19.2 Å². The summed E-state index contributed by atoms with van der Waals surface area (Å²) in [7, 11) is 0. The monoisotopic (exact) mass is 329 g/mol. The molecule has 0 aromatic carbocycles. The van der Waals surface area contributed by atoms with Gasteiger partial charge in [0.15, 0.2) is 0 Å². The molecule has 1 atom stereocenters. The zero-order valence-electron chi connectivity index (χ0n) is 8.88. The first kappa shape index (κ1) is 23.5. The van der Waals surface area contributed by atoms with Gasteiger partial charge >= 0.3 is 53.4 Å². The molecule has 0 aliphatic carbocycles. The molecule has 106 valence electrons. The Morgan fingerprint density at radius 2 is 1.42 bits per heavy atom. The molecule has 0 aromatic heterocycles. The van der Waals surface area contributed by atoms with Gasteiger partial charge in [-0.3, -0.25) is 9.59 Å². The Labute approximate surface area is 140 Å². The Bertz CT molecular complexity index is 336. The van der Waals surface area contributed by atoms with Gasteiger partial charge in [-0.25, -0.2) is 9.59 Å². The Kier molecular flexibility index (Phi) is 13.8. The molecule has 0 unspecified atom stereocenters. The van der Waals surface area contributed by atoms with Gasteiger partial charge < -0.3 is 25.8 Å². The fourth-order valence-electron chi connectivity index (χ4n) is 0.794. The molecule has 0 saturated carbocycles. The molecule has 11 heteroatoms. The van der Waals surface area contributed by atoms with Crippen molar-refractivity contribution in [3.63, 3.8) is 0 Å². The van der Waals surface area contributed by atoms with Crippen molar-refractivity contribution in [1.82, 2.24) is 0 Å². The molecule has 0 radical (unpaired) electrons. The van der Waals surface area contributed by atoms with Gasteiger partial charge in [-0.15, -0.1) is 0 Å². The number of carbonyl (C=O) groups excluding carboxylic acids is 1. The van der Waals surface area contributed by atoms with E-state index in [2.05, 4.69) is 4.74 Å². The molecule has 9 nitrogen and oxygen atoms in total. The van der Waals surface area contributed by atoms with Gasteiger partial charge in [-0.05, 0) is 6.42 Å². The van der Waals surface area contributed by atoms with Gasteiger partial charge in [-0.1, -0.05) is 0 Å². The standard InChI is InChI=1S/C8H11NO8.Fe.Na.H/c9-3(6(11)12)1-2-4(10)17-5(7(13)14)8(15)16;;;/h3,5H,1-2,9H2,(H,11,12)(H,13,14)(H,15,16);;;/t3-;;;/m0.../s1. The summed E-state index contributed by atoms with van der Waals surface area (Å²) >= 11 is 0. The summed E-state index contributed by atoms with van der Waals surface area (Å²) in [5, 5.41) is 25.2. The Morgan fingerprint density at radius 1 is 1.00 bits per heavy atom. The predicted octanol–water partition coefficient (Wildman–Crippen LogP) is -2.39. The molecule has 0 aromatic rings. The summed E-state index contributed by atoms with van der Waals surface area (Å²) in [6, 6.07) is -1.30. The molecule has 0 amide bonds. The van der Waals surface area contributed by atoms with Crippen LogP contribution in [0.3, 0.4) is 0 Å². The topological polar surface area (TPSA) is 164 Å². The fraction of sp³-hybridized carbons (Fsp3) is 0.500. The van der Waals surface area contributed by atoms with Crippen molar-refractivity contribution in [1.29, 1.82) is 0 Å². The molecule has 0 spiro atoms. The van der Waals surface area contributed by atoms with Gasteiger partial charge in [0.1, 0.15) is 6.04 Å². The van der Waals surface area contributed by atoms with Crippen LogP contribution >= 0.6 is 0 Å². The van der Waals surface area contributed by atoms with E-state index < -0.39 is 42.4 Å². The number of aliphatic carboxylic acids is 3. The normalized spacial score (nSPS) is 10.6. The van der Waals surface area contributed by atoms with E-state index in [4.69, 9.17) is 21.1 Å². The number of rotatable bonds is 7. The third-order valence-electron chi connectivity index (χ3n) is 1.67. The molecule has 0 bridgehead atoms. The summed E-state index contributed by atoms with van der Waals surface area (Å²) in [4.78, 5) is 42.0. The van der Waals surface area contributed by atoms with Crippen LogP contribution in [-0.4, -0.2) is 80.9 Å². The van der Waals surface area contributed by atoms with Crippen LogP contribution in [-0.2, 0) is 41.0 Å². The number of carboxylic acids is 3. The maximum absolute atomic E-state index is 11.0. The fourth-order valence-corrected chi connectivity index (χ4v) is 0.794. The maximum atomic E-state index is 11.0. The van der Waals surface area contributed by atoms with Gasteiger partial charge in [0, 0.05) is 23.5 Å². The molecule has 0 aliphatic rings. The molecule has 0 saturated heterocycles. The molecule has 5 N–H and O–H groups in total. The molecule has 0 heterocycles. The summed E-state index contributed by atoms with van der Waals surface area (Å²) in [6.45, 7) is 0. The van der Waals surface area contributed by atoms with E-state index in [1.54, 1.807) is 0 Å². The van der Waals surface area contributed by atoms with Gasteiger partial charge in [0.2, 0.25) is 0 Å². The van der Waals surface area contributed by atoms with Crippen molar-refractivity contribution < 1.29 is 56.3 Å². The number of esters is 1. The van der Waals surface area contributed by atoms with Crippen molar-refractivity contribution in [2.24, 2.45) is 5.73 Å². The molecular formula is C8H12FeNNaO8. The number of carboxylic acid groups (broad SMARTS) is 3. The number of carbonyl (C=O) groups is 4. The molecule has 0 aliphatic heterocycles. The van der Waals surface area contributed by atoms with Crippen LogP contribution in [0.2, 0.25) is 0 Å². The van der Waals surface area contributed by atoms with Crippen molar-refractivity contribution >= 4 is 53.4 Å². The predicted molar refractivity (Wildman–Crippen MR) is 57.1 cm³/mol. The Morgan fingerprint density at radius 3 is 1.74 bits per heavy atom. The summed E-state index contributed by atoms with van der Waals surface area (Å²) < 4.78 is 4.12. The van der Waals surface area contributed by atoms with Crippen LogP contribution < -0.4 is 5.73 Å². The van der Waals surface area contributed by atoms with Crippen LogP contribution in [0.4, 0.5) is 0 Å². The summed E-state index contributed by atoms with van der Waals surface area (Å²) in [5.41, 5.74) is 5.08. The SMILES string of the molecule is N[C@@H](CCC(=O)OC(C(=O)O)C(=O)O)C(=O)O.[Fe].[NaH]. The summed E-state index contributed by atoms with van der Waals surface area (Å²) in [6.07, 6.45) is -3.06. The van der Waals surface area contributed by atoms with Gasteiger partial charge in [-0.2, -0.15) is 0 Å². The first-order valence-electron chi connectivity index (χ1n) is 4.39. The van der Waals surface area contributed by atoms with Gasteiger partial charge in [0.25, 0.3) is 6.10 Å². The number of hydrogen-bond acceptors (Lipinski definition) is 6. The minimum atomic E-state index is -2.30. The van der Waals surface area contributed by atoms with Crippen molar-refractivity contribution in [3.05, 3.63) is 0 Å². The minimum absolute atomic E-state index is 0. The van der Waals surface area contributed by atoms with E-state index in [-0.39, 0.29) is 53.0 Å². The number of hydrogen-bond donors (Lipinski definition) is 4. The molecular weight excluding hydrogens is 317 g/mol. The average Bonchev–Trinajstić information content (AvgIpc) is 2.21. The zero-order chi connectivity index (χ0) is 13.6. The van der Waals surface area contributed by atoms with E-state index in [0.717, 1.165) is 0 Å². The number of ether oxygens (including phenoxy) is 1.